The number of rotatable bonds is 6. The van der Waals surface area contributed by atoms with Gasteiger partial charge in [0.1, 0.15) is 5.75 Å². The minimum absolute atomic E-state index is 0.149. The van der Waals surface area contributed by atoms with Crippen LogP contribution in [0.5, 0.6) is 5.75 Å². The third kappa shape index (κ3) is 5.00. The Bertz CT molecular complexity index is 757. The largest absolute Gasteiger partial charge is 0.489 e. The number of hydrogen-bond donors (Lipinski definition) is 0. The van der Waals surface area contributed by atoms with E-state index in [1.54, 1.807) is 0 Å². The van der Waals surface area contributed by atoms with Gasteiger partial charge in [0.15, 0.2) is 0 Å². The molecular formula is C25H33NO. The first-order valence-electron chi connectivity index (χ1n) is 10.4. The van der Waals surface area contributed by atoms with Crippen molar-refractivity contribution in [2.24, 2.45) is 10.9 Å². The molecule has 2 aromatic rings. The summed E-state index contributed by atoms with van der Waals surface area (Å²) >= 11 is 0. The van der Waals surface area contributed by atoms with Gasteiger partial charge in [0, 0.05) is 23.4 Å². The summed E-state index contributed by atoms with van der Waals surface area (Å²) in [6.45, 7) is 8.73. The van der Waals surface area contributed by atoms with Crippen LogP contribution < -0.4 is 4.74 Å². The highest BCUT2D eigenvalue weighted by Gasteiger charge is 2.18. The number of ether oxygens (including phenoxy) is 1. The van der Waals surface area contributed by atoms with Crippen LogP contribution in [0, 0.1) is 12.8 Å². The molecular weight excluding hydrogens is 330 g/mol. The van der Waals surface area contributed by atoms with E-state index in [0.29, 0.717) is 12.0 Å². The Hall–Kier alpha value is -2.09. The predicted molar refractivity (Wildman–Crippen MR) is 116 cm³/mol. The Morgan fingerprint density at radius 1 is 0.963 bits per heavy atom. The molecule has 0 bridgehead atoms. The highest BCUT2D eigenvalue weighted by Crippen LogP contribution is 2.36. The third-order valence-electron chi connectivity index (χ3n) is 5.73. The molecule has 2 aromatic carbocycles. The van der Waals surface area contributed by atoms with E-state index in [1.807, 2.05) is 0 Å². The molecule has 0 aromatic heterocycles. The summed E-state index contributed by atoms with van der Waals surface area (Å²) in [6.07, 6.45) is 8.63. The van der Waals surface area contributed by atoms with E-state index in [2.05, 4.69) is 76.4 Å². The standard InChI is InChI=1S/C25H33NO/c1-18(2)20(4)27-25-23(21-11-7-5-8-12-21)16-15-19(3)24(25)17-26-22-13-9-6-10-14-22/h5,7-8,11-12,15-18,20,22H,6,9-10,13-14H2,1-4H3/b26-17+. The number of nitrogens with zero attached hydrogens (tertiary/aromatic N) is 1. The van der Waals surface area contributed by atoms with Crippen LogP contribution in [0.25, 0.3) is 11.1 Å². The van der Waals surface area contributed by atoms with E-state index in [0.717, 1.165) is 16.9 Å². The van der Waals surface area contributed by atoms with Crippen molar-refractivity contribution in [2.75, 3.05) is 0 Å². The summed E-state index contributed by atoms with van der Waals surface area (Å²) in [7, 11) is 0. The molecule has 3 rings (SSSR count). The second-order valence-corrected chi connectivity index (χ2v) is 8.18. The van der Waals surface area contributed by atoms with Crippen molar-refractivity contribution < 1.29 is 4.74 Å². The molecule has 0 heterocycles. The van der Waals surface area contributed by atoms with Crippen LogP contribution in [0.4, 0.5) is 0 Å². The molecule has 144 valence electrons. The van der Waals surface area contributed by atoms with Crippen molar-refractivity contribution in [1.29, 1.82) is 0 Å². The van der Waals surface area contributed by atoms with Crippen LogP contribution in [0.15, 0.2) is 47.5 Å². The fourth-order valence-corrected chi connectivity index (χ4v) is 3.56. The summed E-state index contributed by atoms with van der Waals surface area (Å²) in [6, 6.07) is 15.4. The first-order chi connectivity index (χ1) is 13.1. The maximum Gasteiger partial charge on any atom is 0.136 e. The lowest BCUT2D eigenvalue weighted by Gasteiger charge is -2.23. The molecule has 0 aliphatic heterocycles. The molecule has 1 aliphatic rings. The van der Waals surface area contributed by atoms with Crippen LogP contribution in [0.2, 0.25) is 0 Å². The highest BCUT2D eigenvalue weighted by atomic mass is 16.5. The van der Waals surface area contributed by atoms with Gasteiger partial charge in [0.2, 0.25) is 0 Å². The van der Waals surface area contributed by atoms with Crippen molar-refractivity contribution in [3.05, 3.63) is 53.6 Å². The first kappa shape index (κ1) is 19.7. The average molecular weight is 364 g/mol. The van der Waals surface area contributed by atoms with Crippen LogP contribution in [-0.2, 0) is 0 Å². The van der Waals surface area contributed by atoms with Gasteiger partial charge in [-0.15, -0.1) is 0 Å². The Morgan fingerprint density at radius 2 is 1.67 bits per heavy atom. The van der Waals surface area contributed by atoms with Gasteiger partial charge in [-0.05, 0) is 43.7 Å². The monoisotopic (exact) mass is 363 g/mol. The highest BCUT2D eigenvalue weighted by molar-refractivity contribution is 5.90. The Balaban J connectivity index is 2.02. The van der Waals surface area contributed by atoms with Gasteiger partial charge in [-0.25, -0.2) is 0 Å². The predicted octanol–water partition coefficient (Wildman–Crippen LogP) is 6.84. The third-order valence-corrected chi connectivity index (χ3v) is 5.73. The molecule has 1 unspecified atom stereocenters. The molecule has 1 aliphatic carbocycles. The smallest absolute Gasteiger partial charge is 0.136 e. The molecule has 1 saturated carbocycles. The van der Waals surface area contributed by atoms with Crippen molar-refractivity contribution in [2.45, 2.75) is 71.9 Å². The molecule has 0 radical (unpaired) electrons. The molecule has 0 saturated heterocycles. The lowest BCUT2D eigenvalue weighted by atomic mass is 9.95. The van der Waals surface area contributed by atoms with Crippen LogP contribution in [-0.4, -0.2) is 18.4 Å². The van der Waals surface area contributed by atoms with Crippen molar-refractivity contribution >= 4 is 6.21 Å². The summed E-state index contributed by atoms with van der Waals surface area (Å²) in [5, 5.41) is 0. The van der Waals surface area contributed by atoms with Crippen molar-refractivity contribution in [1.82, 2.24) is 0 Å². The topological polar surface area (TPSA) is 21.6 Å². The zero-order valence-corrected chi connectivity index (χ0v) is 17.2. The minimum Gasteiger partial charge on any atom is -0.489 e. The quantitative estimate of drug-likeness (QED) is 0.515. The lowest BCUT2D eigenvalue weighted by Crippen LogP contribution is -2.20. The SMILES string of the molecule is Cc1ccc(-c2ccccc2)c(OC(C)C(C)C)c1/C=N/C1CCCCC1. The normalized spacial score (nSPS) is 16.8. The molecule has 0 spiro atoms. The fourth-order valence-electron chi connectivity index (χ4n) is 3.56. The minimum atomic E-state index is 0.149. The Morgan fingerprint density at radius 3 is 2.33 bits per heavy atom. The van der Waals surface area contributed by atoms with Crippen LogP contribution in [0.3, 0.4) is 0 Å². The molecule has 1 atom stereocenters. The summed E-state index contributed by atoms with van der Waals surface area (Å²) in [5.74, 6) is 1.43. The molecule has 2 nitrogen and oxygen atoms in total. The summed E-state index contributed by atoms with van der Waals surface area (Å²) < 4.78 is 6.52. The lowest BCUT2D eigenvalue weighted by molar-refractivity contribution is 0.171. The summed E-state index contributed by atoms with van der Waals surface area (Å²) in [5.41, 5.74) is 4.70. The van der Waals surface area contributed by atoms with Gasteiger partial charge < -0.3 is 4.74 Å². The molecule has 0 amide bonds. The molecule has 1 fully saturated rings. The van der Waals surface area contributed by atoms with E-state index in [1.165, 1.54) is 43.2 Å². The van der Waals surface area contributed by atoms with Gasteiger partial charge in [-0.1, -0.05) is 75.6 Å². The maximum atomic E-state index is 6.52. The Labute approximate surface area is 164 Å². The molecule has 0 N–H and O–H groups in total. The number of aryl methyl sites for hydroxylation is 1. The van der Waals surface area contributed by atoms with Gasteiger partial charge in [-0.3, -0.25) is 4.99 Å². The average Bonchev–Trinajstić information content (AvgIpc) is 2.69. The van der Waals surface area contributed by atoms with E-state index in [4.69, 9.17) is 9.73 Å². The molecule has 2 heteroatoms. The Kier molecular flexibility index (Phi) is 6.71. The first-order valence-corrected chi connectivity index (χ1v) is 10.4. The summed E-state index contributed by atoms with van der Waals surface area (Å²) in [4.78, 5) is 4.96. The maximum absolute atomic E-state index is 6.52. The van der Waals surface area contributed by atoms with Gasteiger partial charge in [0.25, 0.3) is 0 Å². The van der Waals surface area contributed by atoms with Gasteiger partial charge in [0.05, 0.1) is 6.10 Å². The van der Waals surface area contributed by atoms with E-state index < -0.39 is 0 Å². The fraction of sp³-hybridized carbons (Fsp3) is 0.480. The number of aliphatic imine (C=N–C) groups is 1. The number of hydrogen-bond acceptors (Lipinski definition) is 2. The second kappa shape index (κ2) is 9.21. The zero-order valence-electron chi connectivity index (χ0n) is 17.2. The van der Waals surface area contributed by atoms with Crippen molar-refractivity contribution in [3.63, 3.8) is 0 Å². The van der Waals surface area contributed by atoms with Gasteiger partial charge in [-0.2, -0.15) is 0 Å². The second-order valence-electron chi connectivity index (χ2n) is 8.18. The van der Waals surface area contributed by atoms with E-state index in [9.17, 15) is 0 Å². The molecule has 27 heavy (non-hydrogen) atoms. The van der Waals surface area contributed by atoms with Crippen LogP contribution in [0.1, 0.15) is 64.0 Å². The van der Waals surface area contributed by atoms with E-state index >= 15 is 0 Å². The van der Waals surface area contributed by atoms with Gasteiger partial charge >= 0.3 is 0 Å². The zero-order chi connectivity index (χ0) is 19.2. The number of benzene rings is 2. The van der Waals surface area contributed by atoms with Crippen molar-refractivity contribution in [3.8, 4) is 16.9 Å². The van der Waals surface area contributed by atoms with Crippen LogP contribution >= 0.6 is 0 Å². The van der Waals surface area contributed by atoms with E-state index in [-0.39, 0.29) is 6.10 Å².